The van der Waals surface area contributed by atoms with Crippen LogP contribution < -0.4 is 15.4 Å². The van der Waals surface area contributed by atoms with Crippen LogP contribution in [0.4, 0.5) is 17.3 Å². The van der Waals surface area contributed by atoms with Crippen molar-refractivity contribution in [3.8, 4) is 11.5 Å². The number of para-hydroxylation sites is 3. The van der Waals surface area contributed by atoms with Crippen molar-refractivity contribution in [3.63, 3.8) is 0 Å². The SMILES string of the molecule is c1ccc(Oc2ccccc2Nc2cc(NC3CCCC3)ncn2)cc1. The largest absolute Gasteiger partial charge is 0.455 e. The number of hydrogen-bond acceptors (Lipinski definition) is 5. The van der Waals surface area contributed by atoms with E-state index in [1.54, 1.807) is 6.33 Å². The Morgan fingerprint density at radius 1 is 0.846 bits per heavy atom. The van der Waals surface area contributed by atoms with E-state index in [0.717, 1.165) is 28.8 Å². The lowest BCUT2D eigenvalue weighted by molar-refractivity contribution is 0.485. The predicted octanol–water partition coefficient (Wildman–Crippen LogP) is 5.37. The third-order valence-electron chi connectivity index (χ3n) is 4.50. The second-order valence-electron chi connectivity index (χ2n) is 6.45. The van der Waals surface area contributed by atoms with Gasteiger partial charge in [0, 0.05) is 12.1 Å². The van der Waals surface area contributed by atoms with E-state index in [1.165, 1.54) is 25.7 Å². The molecule has 5 heteroatoms. The summed E-state index contributed by atoms with van der Waals surface area (Å²) in [5.41, 5.74) is 0.863. The van der Waals surface area contributed by atoms with Crippen LogP contribution in [0.5, 0.6) is 11.5 Å². The van der Waals surface area contributed by atoms with Crippen LogP contribution >= 0.6 is 0 Å². The maximum Gasteiger partial charge on any atom is 0.150 e. The third kappa shape index (κ3) is 4.11. The topological polar surface area (TPSA) is 59.1 Å². The summed E-state index contributed by atoms with van der Waals surface area (Å²) in [6, 6.07) is 20.1. The molecule has 3 aromatic rings. The number of anilines is 3. The van der Waals surface area contributed by atoms with E-state index < -0.39 is 0 Å². The normalized spacial score (nSPS) is 14.2. The fourth-order valence-corrected chi connectivity index (χ4v) is 3.20. The summed E-state index contributed by atoms with van der Waals surface area (Å²) in [6.07, 6.45) is 6.58. The Labute approximate surface area is 153 Å². The first-order valence-electron chi connectivity index (χ1n) is 9.04. The minimum atomic E-state index is 0.520. The summed E-state index contributed by atoms with van der Waals surface area (Å²) < 4.78 is 6.00. The Morgan fingerprint density at radius 2 is 1.58 bits per heavy atom. The second-order valence-corrected chi connectivity index (χ2v) is 6.45. The van der Waals surface area contributed by atoms with Crippen LogP contribution in [0.2, 0.25) is 0 Å². The van der Waals surface area contributed by atoms with Crippen LogP contribution in [0.3, 0.4) is 0 Å². The van der Waals surface area contributed by atoms with E-state index in [0.29, 0.717) is 6.04 Å². The highest BCUT2D eigenvalue weighted by molar-refractivity contribution is 5.66. The number of nitrogens with one attached hydrogen (secondary N) is 2. The molecule has 1 heterocycles. The summed E-state index contributed by atoms with van der Waals surface area (Å²) in [5, 5.41) is 6.84. The molecule has 0 bridgehead atoms. The Bertz CT molecular complexity index is 847. The fourth-order valence-electron chi connectivity index (χ4n) is 3.20. The van der Waals surface area contributed by atoms with Crippen molar-refractivity contribution in [2.75, 3.05) is 10.6 Å². The summed E-state index contributed by atoms with van der Waals surface area (Å²) >= 11 is 0. The molecule has 26 heavy (non-hydrogen) atoms. The molecule has 1 aliphatic rings. The molecule has 2 aromatic carbocycles. The molecule has 1 aliphatic carbocycles. The molecule has 1 saturated carbocycles. The van der Waals surface area contributed by atoms with Gasteiger partial charge >= 0.3 is 0 Å². The average Bonchev–Trinajstić information content (AvgIpc) is 3.18. The van der Waals surface area contributed by atoms with Gasteiger partial charge in [-0.15, -0.1) is 0 Å². The maximum absolute atomic E-state index is 6.00. The lowest BCUT2D eigenvalue weighted by Gasteiger charge is -2.15. The van der Waals surface area contributed by atoms with Crippen LogP contribution in [-0.2, 0) is 0 Å². The molecule has 132 valence electrons. The molecule has 1 fully saturated rings. The summed E-state index contributed by atoms with van der Waals surface area (Å²) in [7, 11) is 0. The smallest absolute Gasteiger partial charge is 0.150 e. The van der Waals surface area contributed by atoms with Gasteiger partial charge in [-0.1, -0.05) is 43.2 Å². The number of nitrogens with zero attached hydrogens (tertiary/aromatic N) is 2. The zero-order valence-corrected chi connectivity index (χ0v) is 14.6. The molecule has 0 saturated heterocycles. The van der Waals surface area contributed by atoms with Crippen molar-refractivity contribution in [3.05, 3.63) is 67.0 Å². The lowest BCUT2D eigenvalue weighted by atomic mass is 10.2. The number of hydrogen-bond donors (Lipinski definition) is 2. The molecule has 5 nitrogen and oxygen atoms in total. The van der Waals surface area contributed by atoms with Gasteiger partial charge in [-0.25, -0.2) is 9.97 Å². The third-order valence-corrected chi connectivity index (χ3v) is 4.50. The Morgan fingerprint density at radius 3 is 2.42 bits per heavy atom. The van der Waals surface area contributed by atoms with Crippen LogP contribution in [0, 0.1) is 0 Å². The van der Waals surface area contributed by atoms with E-state index in [-0.39, 0.29) is 0 Å². The zero-order valence-electron chi connectivity index (χ0n) is 14.6. The zero-order chi connectivity index (χ0) is 17.6. The molecular formula is C21H22N4O. The summed E-state index contributed by atoms with van der Waals surface area (Å²) in [4.78, 5) is 8.68. The molecule has 0 spiro atoms. The molecular weight excluding hydrogens is 324 g/mol. The van der Waals surface area contributed by atoms with Crippen molar-refractivity contribution in [2.45, 2.75) is 31.7 Å². The number of benzene rings is 2. The van der Waals surface area contributed by atoms with Crippen LogP contribution in [-0.4, -0.2) is 16.0 Å². The first-order valence-corrected chi connectivity index (χ1v) is 9.04. The highest BCUT2D eigenvalue weighted by Gasteiger charge is 2.15. The van der Waals surface area contributed by atoms with Crippen LogP contribution in [0.1, 0.15) is 25.7 Å². The van der Waals surface area contributed by atoms with E-state index >= 15 is 0 Å². The molecule has 0 aliphatic heterocycles. The van der Waals surface area contributed by atoms with Crippen molar-refractivity contribution in [1.82, 2.24) is 9.97 Å². The molecule has 0 atom stereocenters. The molecule has 4 rings (SSSR count). The maximum atomic E-state index is 6.00. The molecule has 0 amide bonds. The van der Waals surface area contributed by atoms with Gasteiger partial charge in [0.2, 0.25) is 0 Å². The van der Waals surface area contributed by atoms with Crippen molar-refractivity contribution >= 4 is 17.3 Å². The van der Waals surface area contributed by atoms with Gasteiger partial charge in [0.25, 0.3) is 0 Å². The first-order chi connectivity index (χ1) is 12.9. The second kappa shape index (κ2) is 7.87. The molecule has 0 radical (unpaired) electrons. The average molecular weight is 346 g/mol. The van der Waals surface area contributed by atoms with Gasteiger partial charge in [-0.3, -0.25) is 0 Å². The molecule has 2 N–H and O–H groups in total. The fraction of sp³-hybridized carbons (Fsp3) is 0.238. The van der Waals surface area contributed by atoms with Gasteiger partial charge < -0.3 is 15.4 Å². The van der Waals surface area contributed by atoms with Crippen molar-refractivity contribution in [2.24, 2.45) is 0 Å². The van der Waals surface area contributed by atoms with Gasteiger partial charge in [0.1, 0.15) is 23.7 Å². The quantitative estimate of drug-likeness (QED) is 0.628. The lowest BCUT2D eigenvalue weighted by Crippen LogP contribution is -2.15. The Hall–Kier alpha value is -3.08. The Balaban J connectivity index is 1.50. The van der Waals surface area contributed by atoms with E-state index in [2.05, 4.69) is 20.6 Å². The number of aromatic nitrogens is 2. The Kier molecular flexibility index (Phi) is 4.96. The minimum absolute atomic E-state index is 0.520. The van der Waals surface area contributed by atoms with Gasteiger partial charge in [-0.05, 0) is 37.1 Å². The van der Waals surface area contributed by atoms with Gasteiger partial charge in [0.05, 0.1) is 5.69 Å². The number of rotatable bonds is 6. The van der Waals surface area contributed by atoms with E-state index in [9.17, 15) is 0 Å². The molecule has 0 unspecified atom stereocenters. The van der Waals surface area contributed by atoms with Crippen molar-refractivity contribution < 1.29 is 4.74 Å². The monoisotopic (exact) mass is 346 g/mol. The first kappa shape index (κ1) is 16.4. The van der Waals surface area contributed by atoms with Gasteiger partial charge in [-0.2, -0.15) is 0 Å². The summed E-state index contributed by atoms with van der Waals surface area (Å²) in [5.74, 6) is 3.15. The van der Waals surface area contributed by atoms with Crippen LogP contribution in [0.15, 0.2) is 67.0 Å². The van der Waals surface area contributed by atoms with Crippen LogP contribution in [0.25, 0.3) is 0 Å². The van der Waals surface area contributed by atoms with Gasteiger partial charge in [0.15, 0.2) is 5.75 Å². The molecule has 1 aromatic heterocycles. The van der Waals surface area contributed by atoms with E-state index in [4.69, 9.17) is 4.74 Å². The number of ether oxygens (including phenoxy) is 1. The summed E-state index contributed by atoms with van der Waals surface area (Å²) in [6.45, 7) is 0. The van der Waals surface area contributed by atoms with E-state index in [1.807, 2.05) is 60.7 Å². The highest BCUT2D eigenvalue weighted by Crippen LogP contribution is 2.31. The predicted molar refractivity (Wildman–Crippen MR) is 104 cm³/mol. The standard InChI is InChI=1S/C21H22N4O/c1-2-10-17(11-3-1)26-19-13-7-6-12-18(19)25-21-14-20(22-15-23-21)24-16-8-4-5-9-16/h1-3,6-7,10-16H,4-5,8-9H2,(H2,22,23,24,25). The minimum Gasteiger partial charge on any atom is -0.455 e. The highest BCUT2D eigenvalue weighted by atomic mass is 16.5. The van der Waals surface area contributed by atoms with Crippen molar-refractivity contribution in [1.29, 1.82) is 0 Å².